The molecular formula is C17H31NO. The van der Waals surface area contributed by atoms with Gasteiger partial charge in [0.25, 0.3) is 0 Å². The minimum Gasteiger partial charge on any atom is -0.300 e. The highest BCUT2D eigenvalue weighted by Gasteiger charge is 2.34. The Morgan fingerprint density at radius 1 is 1.05 bits per heavy atom. The maximum absolute atomic E-state index is 12.2. The van der Waals surface area contributed by atoms with Gasteiger partial charge in [-0.25, -0.2) is 0 Å². The second kappa shape index (κ2) is 8.04. The van der Waals surface area contributed by atoms with E-state index < -0.39 is 0 Å². The van der Waals surface area contributed by atoms with Crippen molar-refractivity contribution in [2.24, 2.45) is 5.92 Å². The van der Waals surface area contributed by atoms with Crippen LogP contribution in [0.3, 0.4) is 0 Å². The van der Waals surface area contributed by atoms with E-state index in [-0.39, 0.29) is 0 Å². The lowest BCUT2D eigenvalue weighted by molar-refractivity contribution is -0.127. The summed E-state index contributed by atoms with van der Waals surface area (Å²) in [6, 6.07) is 0.586. The molecule has 1 aliphatic heterocycles. The molecular weight excluding hydrogens is 234 g/mol. The molecule has 0 bridgehead atoms. The average molecular weight is 265 g/mol. The average Bonchev–Trinajstić information content (AvgIpc) is 2.45. The molecule has 0 aromatic rings. The Kier molecular flexibility index (Phi) is 6.36. The Morgan fingerprint density at radius 2 is 1.89 bits per heavy atom. The van der Waals surface area contributed by atoms with Crippen molar-refractivity contribution in [3.63, 3.8) is 0 Å². The summed E-state index contributed by atoms with van der Waals surface area (Å²) in [5.74, 6) is 0.942. The third-order valence-electron chi connectivity index (χ3n) is 5.03. The lowest BCUT2D eigenvalue weighted by atomic mass is 9.79. The molecule has 2 rings (SSSR count). The fraction of sp³-hybridized carbons (Fsp3) is 0.941. The van der Waals surface area contributed by atoms with E-state index >= 15 is 0 Å². The minimum atomic E-state index is 0.375. The summed E-state index contributed by atoms with van der Waals surface area (Å²) in [6.07, 6.45) is 13.7. The molecule has 2 aliphatic rings. The largest absolute Gasteiger partial charge is 0.300 e. The van der Waals surface area contributed by atoms with E-state index in [2.05, 4.69) is 11.8 Å². The smallest absolute Gasteiger partial charge is 0.137 e. The Bertz CT molecular complexity index is 276. The van der Waals surface area contributed by atoms with E-state index in [0.717, 1.165) is 19.3 Å². The van der Waals surface area contributed by atoms with Crippen molar-refractivity contribution in [3.8, 4) is 0 Å². The normalized spacial score (nSPS) is 29.6. The van der Waals surface area contributed by atoms with Gasteiger partial charge in [0, 0.05) is 18.4 Å². The van der Waals surface area contributed by atoms with Gasteiger partial charge in [-0.1, -0.05) is 39.0 Å². The van der Waals surface area contributed by atoms with E-state index in [1.807, 2.05) is 0 Å². The Morgan fingerprint density at radius 3 is 2.68 bits per heavy atom. The molecule has 2 heteroatoms. The van der Waals surface area contributed by atoms with Gasteiger partial charge in [-0.05, 0) is 45.2 Å². The maximum atomic E-state index is 12.2. The number of rotatable bonds is 6. The molecule has 1 heterocycles. The first-order chi connectivity index (χ1) is 9.33. The molecule has 110 valence electrons. The number of Topliss-reactive ketones (excluding diaryl/α,β-unsaturated/α-hetero) is 1. The number of hydrogen-bond acceptors (Lipinski definition) is 2. The van der Waals surface area contributed by atoms with Gasteiger partial charge >= 0.3 is 0 Å². The van der Waals surface area contributed by atoms with Crippen molar-refractivity contribution in [2.45, 2.75) is 83.6 Å². The Labute approximate surface area is 118 Å². The van der Waals surface area contributed by atoms with E-state index in [9.17, 15) is 4.79 Å². The molecule has 19 heavy (non-hydrogen) atoms. The van der Waals surface area contributed by atoms with Gasteiger partial charge < -0.3 is 0 Å². The zero-order chi connectivity index (χ0) is 13.5. The molecule has 2 fully saturated rings. The summed E-state index contributed by atoms with van der Waals surface area (Å²) in [4.78, 5) is 14.8. The SMILES string of the molecule is CCCCCCN1CCCCC1C1CCCCC1=O. The maximum Gasteiger partial charge on any atom is 0.137 e. The van der Waals surface area contributed by atoms with Crippen molar-refractivity contribution in [1.29, 1.82) is 0 Å². The number of likely N-dealkylation sites (tertiary alicyclic amines) is 1. The second-order valence-electron chi connectivity index (χ2n) is 6.48. The first-order valence-corrected chi connectivity index (χ1v) is 8.59. The second-order valence-corrected chi connectivity index (χ2v) is 6.48. The number of piperidine rings is 1. The third kappa shape index (κ3) is 4.30. The Hall–Kier alpha value is -0.370. The number of carbonyl (C=O) groups is 1. The number of nitrogens with zero attached hydrogens (tertiary/aromatic N) is 1. The molecule has 0 radical (unpaired) electrons. The van der Waals surface area contributed by atoms with Gasteiger partial charge in [0.15, 0.2) is 0 Å². The van der Waals surface area contributed by atoms with E-state index in [0.29, 0.717) is 17.7 Å². The van der Waals surface area contributed by atoms with E-state index in [4.69, 9.17) is 0 Å². The molecule has 0 aromatic carbocycles. The van der Waals surface area contributed by atoms with Crippen molar-refractivity contribution in [1.82, 2.24) is 4.90 Å². The minimum absolute atomic E-state index is 0.375. The van der Waals surface area contributed by atoms with Crippen molar-refractivity contribution < 1.29 is 4.79 Å². The number of carbonyl (C=O) groups excluding carboxylic acids is 1. The zero-order valence-corrected chi connectivity index (χ0v) is 12.7. The van der Waals surface area contributed by atoms with Crippen LogP contribution in [0.5, 0.6) is 0 Å². The lowest BCUT2D eigenvalue weighted by Gasteiger charge is -2.41. The fourth-order valence-electron chi connectivity index (χ4n) is 3.91. The van der Waals surface area contributed by atoms with Gasteiger partial charge in [-0.2, -0.15) is 0 Å². The summed E-state index contributed by atoms with van der Waals surface area (Å²) in [7, 11) is 0. The van der Waals surface area contributed by atoms with Crippen molar-refractivity contribution in [2.75, 3.05) is 13.1 Å². The van der Waals surface area contributed by atoms with Crippen LogP contribution in [0.4, 0.5) is 0 Å². The lowest BCUT2D eigenvalue weighted by Crippen LogP contribution is -2.47. The van der Waals surface area contributed by atoms with Gasteiger partial charge in [0.1, 0.15) is 5.78 Å². The first-order valence-electron chi connectivity index (χ1n) is 8.59. The highest BCUT2D eigenvalue weighted by Crippen LogP contribution is 2.31. The van der Waals surface area contributed by atoms with Gasteiger partial charge in [0.2, 0.25) is 0 Å². The standard InChI is InChI=1S/C17H31NO/c1-2-3-4-8-13-18-14-9-7-11-16(18)15-10-5-6-12-17(15)19/h15-16H,2-14H2,1H3. The number of unbranched alkanes of at least 4 members (excludes halogenated alkanes) is 3. The third-order valence-corrected chi connectivity index (χ3v) is 5.03. The molecule has 0 N–H and O–H groups in total. The van der Waals surface area contributed by atoms with Crippen LogP contribution in [0.1, 0.15) is 77.6 Å². The highest BCUT2D eigenvalue weighted by molar-refractivity contribution is 5.82. The molecule has 2 atom stereocenters. The predicted octanol–water partition coefficient (Wildman–Crippen LogP) is 4.18. The van der Waals surface area contributed by atoms with Gasteiger partial charge in [-0.3, -0.25) is 9.69 Å². The van der Waals surface area contributed by atoms with Crippen LogP contribution in [-0.2, 0) is 4.79 Å². The molecule has 0 spiro atoms. The van der Waals surface area contributed by atoms with E-state index in [1.165, 1.54) is 64.5 Å². The topological polar surface area (TPSA) is 20.3 Å². The highest BCUT2D eigenvalue weighted by atomic mass is 16.1. The zero-order valence-electron chi connectivity index (χ0n) is 12.7. The molecule has 1 aliphatic carbocycles. The fourth-order valence-corrected chi connectivity index (χ4v) is 3.91. The molecule has 1 saturated heterocycles. The number of hydrogen-bond donors (Lipinski definition) is 0. The predicted molar refractivity (Wildman–Crippen MR) is 80.3 cm³/mol. The molecule has 2 unspecified atom stereocenters. The summed E-state index contributed by atoms with van der Waals surface area (Å²) in [6.45, 7) is 4.74. The molecule has 2 nitrogen and oxygen atoms in total. The van der Waals surface area contributed by atoms with Crippen LogP contribution in [0.15, 0.2) is 0 Å². The molecule has 0 amide bonds. The van der Waals surface area contributed by atoms with Crippen molar-refractivity contribution in [3.05, 3.63) is 0 Å². The van der Waals surface area contributed by atoms with Crippen LogP contribution in [0.2, 0.25) is 0 Å². The number of ketones is 1. The van der Waals surface area contributed by atoms with Crippen LogP contribution in [0, 0.1) is 5.92 Å². The van der Waals surface area contributed by atoms with E-state index in [1.54, 1.807) is 0 Å². The monoisotopic (exact) mass is 265 g/mol. The molecule has 1 saturated carbocycles. The molecule has 0 aromatic heterocycles. The van der Waals surface area contributed by atoms with Gasteiger partial charge in [0.05, 0.1) is 0 Å². The summed E-state index contributed by atoms with van der Waals surface area (Å²) in [5, 5.41) is 0. The Balaban J connectivity index is 1.85. The van der Waals surface area contributed by atoms with Crippen LogP contribution in [-0.4, -0.2) is 29.8 Å². The quantitative estimate of drug-likeness (QED) is 0.671. The summed E-state index contributed by atoms with van der Waals surface area (Å²) >= 11 is 0. The van der Waals surface area contributed by atoms with Crippen LogP contribution >= 0.6 is 0 Å². The first kappa shape index (κ1) is 15.0. The van der Waals surface area contributed by atoms with Gasteiger partial charge in [-0.15, -0.1) is 0 Å². The van der Waals surface area contributed by atoms with Crippen LogP contribution in [0.25, 0.3) is 0 Å². The van der Waals surface area contributed by atoms with Crippen LogP contribution < -0.4 is 0 Å². The van der Waals surface area contributed by atoms with Crippen molar-refractivity contribution >= 4 is 5.78 Å². The summed E-state index contributed by atoms with van der Waals surface area (Å²) in [5.41, 5.74) is 0. The summed E-state index contributed by atoms with van der Waals surface area (Å²) < 4.78 is 0.